The van der Waals surface area contributed by atoms with Gasteiger partial charge in [0.05, 0.1) is 12.8 Å². The van der Waals surface area contributed by atoms with E-state index in [-0.39, 0.29) is 5.75 Å². The quantitative estimate of drug-likeness (QED) is 0.740. The van der Waals surface area contributed by atoms with E-state index in [1.54, 1.807) is 31.2 Å². The minimum atomic E-state index is -1.41. The molecule has 0 spiro atoms. The summed E-state index contributed by atoms with van der Waals surface area (Å²) in [5.74, 6) is -0.317. The van der Waals surface area contributed by atoms with Crippen LogP contribution in [0.15, 0.2) is 24.3 Å². The zero-order chi connectivity index (χ0) is 13.3. The average molecular weight is 267 g/mol. The van der Waals surface area contributed by atoms with Gasteiger partial charge in [-0.1, -0.05) is 0 Å². The third-order valence-corrected chi connectivity index (χ3v) is 4.33. The Morgan fingerprint density at radius 2 is 1.89 bits per heavy atom. The van der Waals surface area contributed by atoms with Crippen LogP contribution >= 0.6 is 0 Å². The summed E-state index contributed by atoms with van der Waals surface area (Å²) in [6.07, 6.45) is 0. The minimum Gasteiger partial charge on any atom is -0.497 e. The Bertz CT molecular complexity index is 511. The number of hydrogen-bond acceptors (Lipinski definition) is 4. The van der Waals surface area contributed by atoms with Gasteiger partial charge in [0, 0.05) is 10.8 Å². The van der Waals surface area contributed by atoms with E-state index < -0.39 is 27.9 Å². The highest BCUT2D eigenvalue weighted by molar-refractivity contribution is 7.87. The van der Waals surface area contributed by atoms with Gasteiger partial charge in [-0.05, 0) is 31.2 Å². The summed E-state index contributed by atoms with van der Waals surface area (Å²) in [6.45, 7) is 1.57. The number of methoxy groups -OCH3 is 1. The van der Waals surface area contributed by atoms with Crippen LogP contribution in [0.1, 0.15) is 6.92 Å². The molecule has 0 radical (unpaired) electrons. The number of anilines is 1. The lowest BCUT2D eigenvalue weighted by Crippen LogP contribution is -2.51. The predicted octanol–water partition coefficient (Wildman–Crippen LogP) is 0.706. The predicted molar refractivity (Wildman–Crippen MR) is 68.0 cm³/mol. The van der Waals surface area contributed by atoms with Gasteiger partial charge < -0.3 is 4.74 Å². The number of carbonyl (C=O) groups excluding carboxylic acids is 2. The van der Waals surface area contributed by atoms with Crippen LogP contribution in [0, 0.1) is 0 Å². The van der Waals surface area contributed by atoms with Crippen molar-refractivity contribution in [1.29, 1.82) is 0 Å². The molecule has 6 heteroatoms. The van der Waals surface area contributed by atoms with Crippen molar-refractivity contribution < 1.29 is 18.5 Å². The van der Waals surface area contributed by atoms with E-state index in [1.807, 2.05) is 0 Å². The van der Waals surface area contributed by atoms with Crippen molar-refractivity contribution >= 4 is 28.3 Å². The number of imide groups is 1. The highest BCUT2D eigenvalue weighted by Gasteiger charge is 2.37. The summed E-state index contributed by atoms with van der Waals surface area (Å²) < 4.78 is 16.5. The topological polar surface area (TPSA) is 63.7 Å². The fraction of sp³-hybridized carbons (Fsp3) is 0.333. The van der Waals surface area contributed by atoms with Gasteiger partial charge in [0.15, 0.2) is 0 Å². The first-order valence-electron chi connectivity index (χ1n) is 5.42. The Morgan fingerprint density at radius 3 is 2.44 bits per heavy atom. The van der Waals surface area contributed by atoms with Crippen molar-refractivity contribution in [2.45, 2.75) is 12.2 Å². The van der Waals surface area contributed by atoms with Crippen LogP contribution in [0.3, 0.4) is 0 Å². The molecule has 0 saturated carbocycles. The second-order valence-electron chi connectivity index (χ2n) is 3.93. The van der Waals surface area contributed by atoms with Gasteiger partial charge in [-0.25, -0.2) is 4.90 Å². The Kier molecular flexibility index (Phi) is 3.47. The standard InChI is InChI=1S/C12H13NO4S/c1-8-12(15)13(11(14)7-18(8)16)9-3-5-10(17-2)6-4-9/h3-6,8H,7H2,1-2H3/t8-,18+/m0/s1. The Balaban J connectivity index is 2.33. The average Bonchev–Trinajstić information content (AvgIpc) is 2.37. The molecule has 96 valence electrons. The summed E-state index contributed by atoms with van der Waals surface area (Å²) >= 11 is 0. The van der Waals surface area contributed by atoms with E-state index in [2.05, 4.69) is 0 Å². The van der Waals surface area contributed by atoms with Gasteiger partial charge >= 0.3 is 0 Å². The summed E-state index contributed by atoms with van der Waals surface area (Å²) in [4.78, 5) is 24.9. The second-order valence-corrected chi connectivity index (χ2v) is 5.69. The summed E-state index contributed by atoms with van der Waals surface area (Å²) in [6, 6.07) is 6.61. The molecule has 5 nitrogen and oxygen atoms in total. The van der Waals surface area contributed by atoms with Crippen molar-refractivity contribution in [2.24, 2.45) is 0 Å². The van der Waals surface area contributed by atoms with Gasteiger partial charge in [0.25, 0.3) is 0 Å². The van der Waals surface area contributed by atoms with E-state index in [1.165, 1.54) is 7.11 Å². The van der Waals surface area contributed by atoms with Crippen LogP contribution in [-0.2, 0) is 20.4 Å². The molecular weight excluding hydrogens is 254 g/mol. The Morgan fingerprint density at radius 1 is 1.28 bits per heavy atom. The van der Waals surface area contributed by atoms with Crippen molar-refractivity contribution in [2.75, 3.05) is 17.8 Å². The molecule has 1 fully saturated rings. The molecule has 1 saturated heterocycles. The molecule has 18 heavy (non-hydrogen) atoms. The van der Waals surface area contributed by atoms with Crippen LogP contribution in [0.2, 0.25) is 0 Å². The third-order valence-electron chi connectivity index (χ3n) is 2.81. The maximum absolute atomic E-state index is 12.0. The molecule has 0 bridgehead atoms. The summed E-state index contributed by atoms with van der Waals surface area (Å²) in [5, 5.41) is -0.648. The third kappa shape index (κ3) is 2.15. The number of amides is 2. The minimum absolute atomic E-state index is 0.112. The first kappa shape index (κ1) is 12.8. The number of carbonyl (C=O) groups is 2. The van der Waals surface area contributed by atoms with Gasteiger partial charge in [-0.3, -0.25) is 13.8 Å². The Hall–Kier alpha value is -1.69. The number of benzene rings is 1. The number of hydrogen-bond donors (Lipinski definition) is 0. The maximum Gasteiger partial charge on any atom is 0.249 e. The van der Waals surface area contributed by atoms with Crippen LogP contribution < -0.4 is 9.64 Å². The van der Waals surface area contributed by atoms with Crippen molar-refractivity contribution in [3.63, 3.8) is 0 Å². The molecule has 2 atom stereocenters. The van der Waals surface area contributed by atoms with Gasteiger partial charge in [-0.15, -0.1) is 0 Å². The van der Waals surface area contributed by atoms with Crippen LogP contribution in [0.5, 0.6) is 5.75 Å². The molecule has 0 aromatic heterocycles. The highest BCUT2D eigenvalue weighted by atomic mass is 32.2. The summed E-state index contributed by atoms with van der Waals surface area (Å²) in [5.41, 5.74) is 0.481. The lowest BCUT2D eigenvalue weighted by Gasteiger charge is -2.28. The molecule has 1 heterocycles. The number of nitrogens with zero attached hydrogens (tertiary/aromatic N) is 1. The second kappa shape index (κ2) is 4.89. The maximum atomic E-state index is 12.0. The molecule has 0 aliphatic carbocycles. The van der Waals surface area contributed by atoms with Crippen molar-refractivity contribution in [1.82, 2.24) is 0 Å². The van der Waals surface area contributed by atoms with Crippen molar-refractivity contribution in [3.05, 3.63) is 24.3 Å². The molecule has 1 aliphatic rings. The smallest absolute Gasteiger partial charge is 0.249 e. The summed E-state index contributed by atoms with van der Waals surface area (Å²) in [7, 11) is 0.128. The first-order chi connectivity index (χ1) is 8.54. The molecule has 2 rings (SSSR count). The highest BCUT2D eigenvalue weighted by Crippen LogP contribution is 2.23. The molecule has 1 aromatic carbocycles. The largest absolute Gasteiger partial charge is 0.497 e. The van der Waals surface area contributed by atoms with Gasteiger partial charge in [-0.2, -0.15) is 0 Å². The molecule has 0 unspecified atom stereocenters. The molecular formula is C12H13NO4S. The van der Waals surface area contributed by atoms with E-state index >= 15 is 0 Å². The van der Waals surface area contributed by atoms with Crippen molar-refractivity contribution in [3.8, 4) is 5.75 Å². The van der Waals surface area contributed by atoms with E-state index in [0.717, 1.165) is 4.90 Å². The molecule has 1 aromatic rings. The fourth-order valence-corrected chi connectivity index (χ4v) is 2.68. The van der Waals surface area contributed by atoms with E-state index in [4.69, 9.17) is 4.74 Å². The monoisotopic (exact) mass is 267 g/mol. The molecule has 2 amide bonds. The molecule has 1 aliphatic heterocycles. The lowest BCUT2D eigenvalue weighted by atomic mass is 10.2. The zero-order valence-corrected chi connectivity index (χ0v) is 10.9. The van der Waals surface area contributed by atoms with Crippen LogP contribution in [0.25, 0.3) is 0 Å². The van der Waals surface area contributed by atoms with Gasteiger partial charge in [0.1, 0.15) is 16.8 Å². The zero-order valence-electron chi connectivity index (χ0n) is 10.1. The number of ether oxygens (including phenoxy) is 1. The SMILES string of the molecule is COc1ccc(N2C(=O)C[S@@](=O)[C@@H](C)C2=O)cc1. The van der Waals surface area contributed by atoms with E-state index in [0.29, 0.717) is 11.4 Å². The van der Waals surface area contributed by atoms with Gasteiger partial charge in [0.2, 0.25) is 11.8 Å². The Labute approximate surface area is 107 Å². The first-order valence-corrected chi connectivity index (χ1v) is 6.81. The van der Waals surface area contributed by atoms with Crippen LogP contribution in [0.4, 0.5) is 5.69 Å². The van der Waals surface area contributed by atoms with Crippen LogP contribution in [-0.4, -0.2) is 34.1 Å². The molecule has 0 N–H and O–H groups in total. The fourth-order valence-electron chi connectivity index (χ4n) is 1.73. The normalized spacial score (nSPS) is 24.2. The number of rotatable bonds is 2. The van der Waals surface area contributed by atoms with E-state index in [9.17, 15) is 13.8 Å². The lowest BCUT2D eigenvalue weighted by molar-refractivity contribution is -0.125.